The Kier molecular flexibility index (Phi) is 5.16. The third-order valence-electron chi connectivity index (χ3n) is 5.82. The Hall–Kier alpha value is -4.40. The Balaban J connectivity index is 1.54. The molecule has 5 aromatic rings. The summed E-state index contributed by atoms with van der Waals surface area (Å²) in [6.07, 6.45) is 2.43. The summed E-state index contributed by atoms with van der Waals surface area (Å²) >= 11 is 0. The number of rotatable bonds is 5. The van der Waals surface area contributed by atoms with Crippen molar-refractivity contribution in [2.45, 2.75) is 12.8 Å². The Morgan fingerprint density at radius 1 is 0.824 bits per heavy atom. The fourth-order valence-corrected chi connectivity index (χ4v) is 4.13. The van der Waals surface area contributed by atoms with E-state index in [1.165, 1.54) is 28.8 Å². The normalized spacial score (nSPS) is 11.4. The summed E-state index contributed by atoms with van der Waals surface area (Å²) in [5, 5.41) is 40.1. The van der Waals surface area contributed by atoms with Crippen molar-refractivity contribution in [1.29, 1.82) is 0 Å². The molecule has 2 aromatic heterocycles. The average Bonchev–Trinajstić information content (AvgIpc) is 3.34. The minimum absolute atomic E-state index is 0.167. The molecule has 0 atom stereocenters. The molecular formula is C25H20F2N4O3. The first kappa shape index (κ1) is 21.4. The van der Waals surface area contributed by atoms with Gasteiger partial charge >= 0.3 is 6.01 Å². The van der Waals surface area contributed by atoms with Crippen molar-refractivity contribution in [2.75, 3.05) is 0 Å². The molecule has 0 aliphatic carbocycles. The van der Waals surface area contributed by atoms with E-state index in [0.717, 1.165) is 17.0 Å². The first-order valence-corrected chi connectivity index (χ1v) is 10.5. The Morgan fingerprint density at radius 2 is 1.59 bits per heavy atom. The van der Waals surface area contributed by atoms with E-state index < -0.39 is 11.6 Å². The lowest BCUT2D eigenvalue weighted by Crippen LogP contribution is -2.00. The number of fused-ring (bicyclic) bond motifs is 1. The largest absolute Gasteiger partial charge is 0.508 e. The molecule has 172 valence electrons. The maximum absolute atomic E-state index is 13.5. The van der Waals surface area contributed by atoms with E-state index in [4.69, 9.17) is 0 Å². The average molecular weight is 462 g/mol. The molecule has 0 fully saturated rings. The van der Waals surface area contributed by atoms with Crippen LogP contribution in [0.5, 0.6) is 17.5 Å². The minimum atomic E-state index is -0.676. The molecule has 0 amide bonds. The van der Waals surface area contributed by atoms with E-state index >= 15 is 0 Å². The fourth-order valence-electron chi connectivity index (χ4n) is 4.13. The van der Waals surface area contributed by atoms with Crippen molar-refractivity contribution >= 4 is 10.9 Å². The lowest BCUT2D eigenvalue weighted by Gasteiger charge is -2.12. The highest BCUT2D eigenvalue weighted by Crippen LogP contribution is 2.37. The van der Waals surface area contributed by atoms with Gasteiger partial charge in [0.1, 0.15) is 23.1 Å². The summed E-state index contributed by atoms with van der Waals surface area (Å²) in [7, 11) is 1.93. The zero-order chi connectivity index (χ0) is 24.0. The molecule has 34 heavy (non-hydrogen) atoms. The predicted octanol–water partition coefficient (Wildman–Crippen LogP) is 4.61. The van der Waals surface area contributed by atoms with Gasteiger partial charge in [-0.25, -0.2) is 13.3 Å². The maximum Gasteiger partial charge on any atom is 0.319 e. The van der Waals surface area contributed by atoms with Crippen molar-refractivity contribution in [3.05, 3.63) is 83.6 Å². The maximum atomic E-state index is 13.5. The molecule has 0 saturated carbocycles. The van der Waals surface area contributed by atoms with Crippen LogP contribution in [-0.4, -0.2) is 34.7 Å². The van der Waals surface area contributed by atoms with E-state index in [1.807, 2.05) is 36.0 Å². The third-order valence-corrected chi connectivity index (χ3v) is 5.82. The lowest BCUT2D eigenvalue weighted by atomic mass is 10.0. The second-order valence-electron chi connectivity index (χ2n) is 8.10. The van der Waals surface area contributed by atoms with Gasteiger partial charge in [0.05, 0.1) is 11.3 Å². The van der Waals surface area contributed by atoms with Gasteiger partial charge in [0, 0.05) is 36.3 Å². The number of benzene rings is 3. The summed E-state index contributed by atoms with van der Waals surface area (Å²) in [5.41, 5.74) is 2.69. The van der Waals surface area contributed by atoms with E-state index in [0.29, 0.717) is 16.8 Å². The SMILES string of the molecule is Cn1ccc2cc(-n3c(O)nnc3-c3cc(CCc4cc(F)cc(F)c4)c(O)cc3O)ccc21. The summed E-state index contributed by atoms with van der Waals surface area (Å²) < 4.78 is 30.4. The molecule has 0 aliphatic heterocycles. The number of nitrogens with zero attached hydrogens (tertiary/aromatic N) is 4. The highest BCUT2D eigenvalue weighted by Gasteiger charge is 2.20. The number of aromatic hydroxyl groups is 3. The molecular weight excluding hydrogens is 442 g/mol. The zero-order valence-electron chi connectivity index (χ0n) is 18.1. The third kappa shape index (κ3) is 3.81. The standard InChI is InChI=1S/C25H20F2N4O3/c1-30-7-6-15-10-19(4-5-21(15)30)31-24(28-29-25(31)34)20-11-16(22(32)13-23(20)33)3-2-14-8-17(26)12-18(27)9-14/h4-13,32-33H,2-3H2,1H3,(H,29,34). The number of hydrogen-bond donors (Lipinski definition) is 3. The smallest absolute Gasteiger partial charge is 0.319 e. The first-order chi connectivity index (χ1) is 16.3. The highest BCUT2D eigenvalue weighted by atomic mass is 19.1. The van der Waals surface area contributed by atoms with Crippen LogP contribution in [0.1, 0.15) is 11.1 Å². The number of aromatic nitrogens is 4. The van der Waals surface area contributed by atoms with E-state index in [2.05, 4.69) is 10.2 Å². The molecule has 3 N–H and O–H groups in total. The van der Waals surface area contributed by atoms with Gasteiger partial charge in [-0.15, -0.1) is 5.10 Å². The minimum Gasteiger partial charge on any atom is -0.508 e. The number of phenolic OH excluding ortho intramolecular Hbond substituents is 2. The Labute approximate surface area is 192 Å². The molecule has 9 heteroatoms. The van der Waals surface area contributed by atoms with Gasteiger partial charge in [-0.2, -0.15) is 0 Å². The van der Waals surface area contributed by atoms with Crippen molar-refractivity contribution < 1.29 is 24.1 Å². The number of halogens is 2. The van der Waals surface area contributed by atoms with Gasteiger partial charge < -0.3 is 19.9 Å². The zero-order valence-corrected chi connectivity index (χ0v) is 18.1. The van der Waals surface area contributed by atoms with Crippen molar-refractivity contribution in [2.24, 2.45) is 7.05 Å². The van der Waals surface area contributed by atoms with Gasteiger partial charge in [-0.3, -0.25) is 0 Å². The summed E-state index contributed by atoms with van der Waals surface area (Å²) in [4.78, 5) is 0. The second kappa shape index (κ2) is 8.18. The number of phenols is 2. The second-order valence-corrected chi connectivity index (χ2v) is 8.10. The fraction of sp³-hybridized carbons (Fsp3) is 0.120. The molecule has 2 heterocycles. The van der Waals surface area contributed by atoms with Crippen LogP contribution in [-0.2, 0) is 19.9 Å². The molecule has 0 spiro atoms. The van der Waals surface area contributed by atoms with Crippen LogP contribution in [0.4, 0.5) is 8.78 Å². The van der Waals surface area contributed by atoms with Crippen LogP contribution in [0.2, 0.25) is 0 Å². The summed E-state index contributed by atoms with van der Waals surface area (Å²) in [6, 6.07) is 13.1. The molecule has 0 saturated heterocycles. The van der Waals surface area contributed by atoms with E-state index in [1.54, 1.807) is 6.07 Å². The van der Waals surface area contributed by atoms with Gasteiger partial charge in [0.15, 0.2) is 5.82 Å². The summed E-state index contributed by atoms with van der Waals surface area (Å²) in [5.74, 6) is -1.61. The topological polar surface area (TPSA) is 96.3 Å². The number of aryl methyl sites for hydroxylation is 3. The molecule has 0 unspecified atom stereocenters. The molecule has 7 nitrogen and oxygen atoms in total. The monoisotopic (exact) mass is 462 g/mol. The van der Waals surface area contributed by atoms with Gasteiger partial charge in [0.2, 0.25) is 0 Å². The molecule has 0 aliphatic rings. The number of hydrogen-bond acceptors (Lipinski definition) is 5. The van der Waals surface area contributed by atoms with Crippen LogP contribution in [0.15, 0.2) is 60.8 Å². The van der Waals surface area contributed by atoms with Crippen molar-refractivity contribution in [3.63, 3.8) is 0 Å². The molecule has 5 rings (SSSR count). The van der Waals surface area contributed by atoms with Crippen molar-refractivity contribution in [3.8, 4) is 34.6 Å². The van der Waals surface area contributed by atoms with E-state index in [-0.39, 0.29) is 41.7 Å². The van der Waals surface area contributed by atoms with Crippen LogP contribution < -0.4 is 0 Å². The van der Waals surface area contributed by atoms with Gasteiger partial charge in [-0.1, -0.05) is 5.10 Å². The Morgan fingerprint density at radius 3 is 2.35 bits per heavy atom. The van der Waals surface area contributed by atoms with Crippen LogP contribution in [0.3, 0.4) is 0 Å². The lowest BCUT2D eigenvalue weighted by molar-refractivity contribution is 0.420. The van der Waals surface area contributed by atoms with Gasteiger partial charge in [-0.05, 0) is 66.4 Å². The predicted molar refractivity (Wildman–Crippen MR) is 122 cm³/mol. The summed E-state index contributed by atoms with van der Waals surface area (Å²) in [6.45, 7) is 0. The Bertz CT molecular complexity index is 1520. The highest BCUT2D eigenvalue weighted by molar-refractivity contribution is 5.83. The molecule has 0 bridgehead atoms. The van der Waals surface area contributed by atoms with Crippen molar-refractivity contribution in [1.82, 2.24) is 19.3 Å². The molecule has 3 aromatic carbocycles. The van der Waals surface area contributed by atoms with Crippen LogP contribution >= 0.6 is 0 Å². The van der Waals surface area contributed by atoms with Crippen LogP contribution in [0, 0.1) is 11.6 Å². The molecule has 0 radical (unpaired) electrons. The van der Waals surface area contributed by atoms with Gasteiger partial charge in [0.25, 0.3) is 0 Å². The van der Waals surface area contributed by atoms with E-state index in [9.17, 15) is 24.1 Å². The quantitative estimate of drug-likeness (QED) is 0.355. The first-order valence-electron chi connectivity index (χ1n) is 10.5. The van der Waals surface area contributed by atoms with Crippen LogP contribution in [0.25, 0.3) is 28.0 Å².